The van der Waals surface area contributed by atoms with Crippen LogP contribution in [0.15, 0.2) is 145 Å². The van der Waals surface area contributed by atoms with Crippen LogP contribution in [0.1, 0.15) is 29.2 Å². The first-order valence-corrected chi connectivity index (χ1v) is 14.5. The van der Waals surface area contributed by atoms with E-state index in [4.69, 9.17) is 4.99 Å². The van der Waals surface area contributed by atoms with E-state index in [1.165, 1.54) is 11.1 Å². The Labute approximate surface area is 252 Å². The predicted octanol–water partition coefficient (Wildman–Crippen LogP) is 7.93. The second-order valence-corrected chi connectivity index (χ2v) is 10.7. The molecule has 1 unspecified atom stereocenters. The number of nitrogens with zero attached hydrogens (tertiary/aromatic N) is 4. The maximum absolute atomic E-state index is 12.3. The van der Waals surface area contributed by atoms with E-state index in [9.17, 15) is 9.90 Å². The summed E-state index contributed by atoms with van der Waals surface area (Å²) in [5, 5.41) is 14.4. The van der Waals surface area contributed by atoms with Gasteiger partial charge in [0.1, 0.15) is 0 Å². The van der Waals surface area contributed by atoms with Gasteiger partial charge in [0.05, 0.1) is 18.2 Å². The summed E-state index contributed by atoms with van der Waals surface area (Å²) in [6, 6.07) is 46.7. The van der Waals surface area contributed by atoms with Gasteiger partial charge in [-0.1, -0.05) is 121 Å². The zero-order valence-electron chi connectivity index (χ0n) is 24.1. The number of para-hydroxylation sites is 1. The molecule has 1 N–H and O–H groups in total. The third kappa shape index (κ3) is 6.35. The van der Waals surface area contributed by atoms with Crippen molar-refractivity contribution < 1.29 is 9.90 Å². The molecule has 0 aliphatic carbocycles. The molecular weight excluding hydrogens is 532 g/mol. The topological polar surface area (TPSA) is 59.4 Å². The van der Waals surface area contributed by atoms with Crippen molar-refractivity contribution in [2.75, 3.05) is 11.9 Å². The van der Waals surface area contributed by atoms with Gasteiger partial charge in [0, 0.05) is 31.4 Å². The minimum Gasteiger partial charge on any atom is -0.481 e. The van der Waals surface area contributed by atoms with Gasteiger partial charge in [-0.25, -0.2) is 10.0 Å². The molecule has 5 aromatic carbocycles. The van der Waals surface area contributed by atoms with Gasteiger partial charge in [0.15, 0.2) is 0 Å². The third-order valence-electron chi connectivity index (χ3n) is 7.79. The van der Waals surface area contributed by atoms with Gasteiger partial charge in [-0.2, -0.15) is 0 Å². The van der Waals surface area contributed by atoms with E-state index in [0.717, 1.165) is 28.1 Å². The SMILES string of the molecule is CN(C1=Nc2ccccc2C(CC(=O)O)N1c1ccc(-c2ccccc2)cc1)N(Cc1ccccc1)Cc1ccccc1. The number of anilines is 1. The van der Waals surface area contributed by atoms with Crippen molar-refractivity contribution in [1.29, 1.82) is 0 Å². The van der Waals surface area contributed by atoms with E-state index >= 15 is 0 Å². The van der Waals surface area contributed by atoms with Crippen molar-refractivity contribution >= 4 is 23.3 Å². The summed E-state index contributed by atoms with van der Waals surface area (Å²) in [5.74, 6) is -0.190. The highest BCUT2D eigenvalue weighted by atomic mass is 16.4. The van der Waals surface area contributed by atoms with Crippen LogP contribution < -0.4 is 4.90 Å². The molecule has 6 rings (SSSR count). The molecule has 1 aliphatic heterocycles. The Morgan fingerprint density at radius 1 is 0.698 bits per heavy atom. The van der Waals surface area contributed by atoms with Gasteiger partial charge in [0.2, 0.25) is 5.96 Å². The van der Waals surface area contributed by atoms with Crippen LogP contribution in [-0.4, -0.2) is 34.1 Å². The van der Waals surface area contributed by atoms with Gasteiger partial charge < -0.3 is 10.0 Å². The molecule has 0 bridgehead atoms. The minimum atomic E-state index is -0.861. The van der Waals surface area contributed by atoms with Crippen LogP contribution in [0.25, 0.3) is 11.1 Å². The zero-order valence-corrected chi connectivity index (χ0v) is 24.1. The minimum absolute atomic E-state index is 0.0678. The molecule has 0 saturated carbocycles. The van der Waals surface area contributed by atoms with Gasteiger partial charge in [-0.3, -0.25) is 9.80 Å². The van der Waals surface area contributed by atoms with E-state index < -0.39 is 12.0 Å². The summed E-state index contributed by atoms with van der Waals surface area (Å²) in [4.78, 5) is 19.6. The van der Waals surface area contributed by atoms with E-state index in [0.29, 0.717) is 19.0 Å². The highest BCUT2D eigenvalue weighted by molar-refractivity contribution is 6.01. The van der Waals surface area contributed by atoms with E-state index in [1.807, 2.05) is 85.9 Å². The first kappa shape index (κ1) is 27.9. The second kappa shape index (κ2) is 12.8. The lowest BCUT2D eigenvalue weighted by atomic mass is 9.97. The molecule has 43 heavy (non-hydrogen) atoms. The molecule has 0 saturated heterocycles. The number of hydrogen-bond acceptors (Lipinski definition) is 5. The van der Waals surface area contributed by atoms with Crippen LogP contribution in [0.4, 0.5) is 11.4 Å². The van der Waals surface area contributed by atoms with Crippen molar-refractivity contribution in [2.45, 2.75) is 25.6 Å². The lowest BCUT2D eigenvalue weighted by molar-refractivity contribution is -0.137. The maximum Gasteiger partial charge on any atom is 0.305 e. The molecule has 1 heterocycles. The van der Waals surface area contributed by atoms with Crippen LogP contribution in [0.2, 0.25) is 0 Å². The van der Waals surface area contributed by atoms with Gasteiger partial charge in [-0.05, 0) is 40.5 Å². The Bertz CT molecular complexity index is 1650. The normalized spacial score (nSPS) is 14.2. The number of carboxylic acid groups (broad SMARTS) is 1. The third-order valence-corrected chi connectivity index (χ3v) is 7.79. The van der Waals surface area contributed by atoms with E-state index in [2.05, 4.69) is 75.6 Å². The molecule has 5 aromatic rings. The average molecular weight is 567 g/mol. The smallest absolute Gasteiger partial charge is 0.305 e. The molecule has 0 amide bonds. The molecule has 214 valence electrons. The number of aliphatic carboxylic acids is 1. The number of benzene rings is 5. The van der Waals surface area contributed by atoms with Crippen LogP contribution >= 0.6 is 0 Å². The fourth-order valence-electron chi connectivity index (χ4n) is 5.63. The van der Waals surface area contributed by atoms with Crippen molar-refractivity contribution in [1.82, 2.24) is 10.0 Å². The number of rotatable bonds is 9. The first-order valence-electron chi connectivity index (χ1n) is 14.5. The Kier molecular flexibility index (Phi) is 8.29. The summed E-state index contributed by atoms with van der Waals surface area (Å²) in [6.07, 6.45) is -0.0678. The summed E-state index contributed by atoms with van der Waals surface area (Å²) in [6.45, 7) is 1.30. The second-order valence-electron chi connectivity index (χ2n) is 10.7. The summed E-state index contributed by atoms with van der Waals surface area (Å²) in [5.41, 5.74) is 7.12. The summed E-state index contributed by atoms with van der Waals surface area (Å²) >= 11 is 0. The lowest BCUT2D eigenvalue weighted by Crippen LogP contribution is -2.53. The fourth-order valence-corrected chi connectivity index (χ4v) is 5.63. The highest BCUT2D eigenvalue weighted by Crippen LogP contribution is 2.41. The average Bonchev–Trinajstić information content (AvgIpc) is 3.05. The van der Waals surface area contributed by atoms with E-state index in [1.54, 1.807) is 0 Å². The van der Waals surface area contributed by atoms with E-state index in [-0.39, 0.29) is 6.42 Å². The Hall–Kier alpha value is -5.20. The molecule has 6 nitrogen and oxygen atoms in total. The highest BCUT2D eigenvalue weighted by Gasteiger charge is 2.36. The number of hydrogen-bond donors (Lipinski definition) is 1. The number of guanidine groups is 1. The van der Waals surface area contributed by atoms with Crippen LogP contribution in [0.5, 0.6) is 0 Å². The number of fused-ring (bicyclic) bond motifs is 1. The monoisotopic (exact) mass is 566 g/mol. The molecule has 0 fully saturated rings. The molecular formula is C37H34N4O2. The van der Waals surface area contributed by atoms with Gasteiger partial charge >= 0.3 is 5.97 Å². The van der Waals surface area contributed by atoms with Gasteiger partial charge in [-0.15, -0.1) is 0 Å². The molecule has 1 aliphatic rings. The number of carboxylic acids is 1. The summed E-state index contributed by atoms with van der Waals surface area (Å²) in [7, 11) is 2.02. The Morgan fingerprint density at radius 3 is 1.79 bits per heavy atom. The quantitative estimate of drug-likeness (QED) is 0.184. The molecule has 0 spiro atoms. The van der Waals surface area contributed by atoms with Crippen LogP contribution in [-0.2, 0) is 17.9 Å². The fraction of sp³-hybridized carbons (Fsp3) is 0.135. The standard InChI is InChI=1S/C37H34N4O2/c1-39(40(26-28-13-5-2-6-14-28)27-29-15-7-3-8-16-29)37-38-34-20-12-11-19-33(34)35(25-36(42)43)41(37)32-23-21-31(22-24-32)30-17-9-4-10-18-30/h2-24,35H,25-27H2,1H3,(H,42,43). The zero-order chi connectivity index (χ0) is 29.6. The molecule has 6 heteroatoms. The van der Waals surface area contributed by atoms with Crippen molar-refractivity contribution in [3.8, 4) is 11.1 Å². The molecule has 0 radical (unpaired) electrons. The van der Waals surface area contributed by atoms with Crippen LogP contribution in [0, 0.1) is 0 Å². The van der Waals surface area contributed by atoms with Crippen molar-refractivity contribution in [3.05, 3.63) is 156 Å². The lowest BCUT2D eigenvalue weighted by Gasteiger charge is -2.44. The molecule has 1 atom stereocenters. The number of carbonyl (C=O) groups is 1. The van der Waals surface area contributed by atoms with Crippen LogP contribution in [0.3, 0.4) is 0 Å². The predicted molar refractivity (Wildman–Crippen MR) is 173 cm³/mol. The number of aliphatic imine (C=N–C) groups is 1. The van der Waals surface area contributed by atoms with Crippen molar-refractivity contribution in [2.24, 2.45) is 4.99 Å². The van der Waals surface area contributed by atoms with Crippen molar-refractivity contribution in [3.63, 3.8) is 0 Å². The summed E-state index contributed by atoms with van der Waals surface area (Å²) < 4.78 is 0. The Morgan fingerprint density at radius 2 is 1.21 bits per heavy atom. The maximum atomic E-state index is 12.3. The largest absolute Gasteiger partial charge is 0.481 e. The first-order chi connectivity index (χ1) is 21.1. The van der Waals surface area contributed by atoms with Gasteiger partial charge in [0.25, 0.3) is 0 Å². The Balaban J connectivity index is 1.44. The molecule has 0 aromatic heterocycles. The number of hydrazine groups is 1.